The summed E-state index contributed by atoms with van der Waals surface area (Å²) >= 11 is 0. The third-order valence-corrected chi connectivity index (χ3v) is 9.66. The molecule has 3 amide bonds. The molecule has 0 aromatic heterocycles. The van der Waals surface area contributed by atoms with Crippen molar-refractivity contribution in [2.45, 2.75) is 70.5 Å². The highest BCUT2D eigenvalue weighted by Gasteiger charge is 2.38. The molecule has 4 heterocycles. The Morgan fingerprint density at radius 1 is 0.894 bits per heavy atom. The van der Waals surface area contributed by atoms with E-state index < -0.39 is 12.1 Å². The van der Waals surface area contributed by atoms with Crippen molar-refractivity contribution in [3.8, 4) is 11.1 Å². The molecule has 2 aromatic carbocycles. The standard InChI is InChI=1S/C37H44N6O4/c1-23(2)34(41-37(46)47-3)36(45)43-17-5-7-33(43)32-19-29(21-40-32)27-14-10-25(11-15-27)24-8-12-26(13-9-24)28-18-30(39-20-28)22-42-16-4-6-31(38)35(42)44/h8-15,20-21,23,31,33-34H,4-7,16-19,22,38H2,1-3H3,(H,41,46)/t31-,33-,34-/m0/s1. The zero-order valence-electron chi connectivity index (χ0n) is 27.4. The highest BCUT2D eigenvalue weighted by atomic mass is 16.5. The normalized spacial score (nSPS) is 21.8. The molecule has 0 radical (unpaired) electrons. The van der Waals surface area contributed by atoms with Crippen LogP contribution in [0.1, 0.15) is 63.5 Å². The zero-order valence-corrected chi connectivity index (χ0v) is 27.4. The van der Waals surface area contributed by atoms with Crippen molar-refractivity contribution in [2.24, 2.45) is 21.6 Å². The number of hydrogen-bond donors (Lipinski definition) is 2. The summed E-state index contributed by atoms with van der Waals surface area (Å²) in [4.78, 5) is 50.9. The summed E-state index contributed by atoms with van der Waals surface area (Å²) in [5, 5.41) is 2.71. The monoisotopic (exact) mass is 636 g/mol. The number of benzene rings is 2. The van der Waals surface area contributed by atoms with Crippen LogP contribution in [0.5, 0.6) is 0 Å². The quantitative estimate of drug-likeness (QED) is 0.398. The fraction of sp³-hybridized carbons (Fsp3) is 0.432. The molecule has 0 bridgehead atoms. The summed E-state index contributed by atoms with van der Waals surface area (Å²) in [6, 6.07) is 16.0. The van der Waals surface area contributed by atoms with Gasteiger partial charge >= 0.3 is 6.09 Å². The number of amides is 3. The number of rotatable bonds is 9. The summed E-state index contributed by atoms with van der Waals surface area (Å²) < 4.78 is 4.75. The topological polar surface area (TPSA) is 130 Å². The lowest BCUT2D eigenvalue weighted by atomic mass is 9.95. The second-order valence-corrected chi connectivity index (χ2v) is 13.2. The van der Waals surface area contributed by atoms with E-state index in [9.17, 15) is 14.4 Å². The van der Waals surface area contributed by atoms with Crippen molar-refractivity contribution in [2.75, 3.05) is 26.7 Å². The van der Waals surface area contributed by atoms with Gasteiger partial charge in [0.15, 0.2) is 0 Å². The Morgan fingerprint density at radius 2 is 1.49 bits per heavy atom. The van der Waals surface area contributed by atoms with E-state index in [2.05, 4.69) is 58.8 Å². The number of carbonyl (C=O) groups is 3. The number of carbonyl (C=O) groups excluding carboxylic acids is 3. The highest BCUT2D eigenvalue weighted by Crippen LogP contribution is 2.32. The molecule has 2 aromatic rings. The Labute approximate surface area is 276 Å². The summed E-state index contributed by atoms with van der Waals surface area (Å²) in [5.74, 6) is -0.129. The Kier molecular flexibility index (Phi) is 9.68. The van der Waals surface area contributed by atoms with E-state index in [1.807, 2.05) is 36.0 Å². The van der Waals surface area contributed by atoms with Gasteiger partial charge in [0.25, 0.3) is 0 Å². The van der Waals surface area contributed by atoms with E-state index in [1.54, 1.807) is 0 Å². The van der Waals surface area contributed by atoms with E-state index in [4.69, 9.17) is 15.5 Å². The van der Waals surface area contributed by atoms with Crippen LogP contribution >= 0.6 is 0 Å². The van der Waals surface area contributed by atoms with Crippen LogP contribution in [0, 0.1) is 5.92 Å². The highest BCUT2D eigenvalue weighted by molar-refractivity contribution is 6.04. The second-order valence-electron chi connectivity index (χ2n) is 13.2. The van der Waals surface area contributed by atoms with Gasteiger partial charge in [0, 0.05) is 49.8 Å². The molecule has 6 rings (SSSR count). The Balaban J connectivity index is 1.03. The molecule has 3 N–H and O–H groups in total. The first-order chi connectivity index (χ1) is 22.7. The van der Waals surface area contributed by atoms with Gasteiger partial charge in [-0.15, -0.1) is 0 Å². The van der Waals surface area contributed by atoms with Crippen molar-refractivity contribution >= 4 is 40.5 Å². The summed E-state index contributed by atoms with van der Waals surface area (Å²) in [6.45, 7) is 5.79. The van der Waals surface area contributed by atoms with Gasteiger partial charge in [-0.25, -0.2) is 4.79 Å². The van der Waals surface area contributed by atoms with E-state index >= 15 is 0 Å². The minimum Gasteiger partial charge on any atom is -0.453 e. The van der Waals surface area contributed by atoms with Crippen molar-refractivity contribution in [3.63, 3.8) is 0 Å². The second kappa shape index (κ2) is 14.0. The average molecular weight is 637 g/mol. The Morgan fingerprint density at radius 3 is 2.13 bits per heavy atom. The molecule has 10 heteroatoms. The number of alkyl carbamates (subject to hydrolysis) is 1. The van der Waals surface area contributed by atoms with Crippen LogP contribution in [0.15, 0.2) is 70.9 Å². The van der Waals surface area contributed by atoms with Gasteiger partial charge in [-0.05, 0) is 65.0 Å². The molecule has 0 aliphatic carbocycles. The third-order valence-electron chi connectivity index (χ3n) is 9.66. The maximum absolute atomic E-state index is 13.5. The minimum atomic E-state index is -0.642. The average Bonchev–Trinajstić information content (AvgIpc) is 3.87. The van der Waals surface area contributed by atoms with Gasteiger partial charge in [-0.1, -0.05) is 62.4 Å². The van der Waals surface area contributed by atoms with Crippen LogP contribution in [0.25, 0.3) is 22.3 Å². The molecular weight excluding hydrogens is 592 g/mol. The Bertz CT molecular complexity index is 1640. The van der Waals surface area contributed by atoms with Crippen molar-refractivity contribution in [3.05, 3.63) is 72.1 Å². The first-order valence-corrected chi connectivity index (χ1v) is 16.6. The number of nitrogens with zero attached hydrogens (tertiary/aromatic N) is 4. The number of hydrogen-bond acceptors (Lipinski definition) is 7. The van der Waals surface area contributed by atoms with Gasteiger partial charge in [0.2, 0.25) is 11.8 Å². The molecule has 0 saturated carbocycles. The molecule has 4 aliphatic rings. The lowest BCUT2D eigenvalue weighted by Crippen LogP contribution is -2.53. The molecule has 2 fully saturated rings. The summed E-state index contributed by atoms with van der Waals surface area (Å²) in [6.07, 6.45) is 8.14. The maximum atomic E-state index is 13.5. The first-order valence-electron chi connectivity index (χ1n) is 16.6. The van der Waals surface area contributed by atoms with Crippen molar-refractivity contribution < 1.29 is 19.1 Å². The zero-order chi connectivity index (χ0) is 33.1. The number of piperidine rings is 1. The van der Waals surface area contributed by atoms with E-state index in [0.29, 0.717) is 19.5 Å². The molecule has 2 saturated heterocycles. The number of aliphatic imine (C=N–C) groups is 2. The number of methoxy groups -OCH3 is 1. The molecule has 3 atom stereocenters. The number of allylic oxidation sites excluding steroid dienone is 2. The molecular formula is C37H44N6O4. The van der Waals surface area contributed by atoms with Crippen molar-refractivity contribution in [1.29, 1.82) is 0 Å². The fourth-order valence-corrected chi connectivity index (χ4v) is 6.94. The summed E-state index contributed by atoms with van der Waals surface area (Å²) in [5.41, 5.74) is 14.7. The van der Waals surface area contributed by atoms with E-state index in [-0.39, 0.29) is 29.8 Å². The molecule has 0 unspecified atom stereocenters. The number of likely N-dealkylation sites (tertiary alicyclic amines) is 2. The predicted molar refractivity (Wildman–Crippen MR) is 185 cm³/mol. The van der Waals surface area contributed by atoms with Gasteiger partial charge < -0.3 is 25.6 Å². The minimum absolute atomic E-state index is 0.0264. The number of ether oxygens (including phenoxy) is 1. The Hall–Kier alpha value is -4.57. The molecule has 47 heavy (non-hydrogen) atoms. The van der Waals surface area contributed by atoms with Gasteiger partial charge in [-0.2, -0.15) is 0 Å². The SMILES string of the molecule is COC(=O)N[C@H](C(=O)N1CCC[C@H]1C1=NC=C(c2ccc(-c3ccc(C4=CN=C(CN5CCC[C@H](N)C5=O)C4)cc3)cc2)C1)C(C)C. The summed E-state index contributed by atoms with van der Waals surface area (Å²) in [7, 11) is 1.30. The van der Waals surface area contributed by atoms with E-state index in [1.165, 1.54) is 7.11 Å². The number of nitrogens with one attached hydrogen (secondary N) is 1. The molecule has 4 aliphatic heterocycles. The molecule has 0 spiro atoms. The largest absolute Gasteiger partial charge is 0.453 e. The lowest BCUT2D eigenvalue weighted by Gasteiger charge is -2.31. The van der Waals surface area contributed by atoms with Crippen LogP contribution in [-0.2, 0) is 14.3 Å². The van der Waals surface area contributed by atoms with Gasteiger partial charge in [-0.3, -0.25) is 19.6 Å². The smallest absolute Gasteiger partial charge is 0.407 e. The number of nitrogens with two attached hydrogens (primary N) is 1. The maximum Gasteiger partial charge on any atom is 0.407 e. The van der Waals surface area contributed by atoms with Crippen LogP contribution in [-0.4, -0.2) is 84.0 Å². The lowest BCUT2D eigenvalue weighted by molar-refractivity contribution is -0.134. The van der Waals surface area contributed by atoms with Gasteiger partial charge in [0.05, 0.1) is 25.7 Å². The predicted octanol–water partition coefficient (Wildman–Crippen LogP) is 5.05. The molecule has 246 valence electrons. The molecule has 10 nitrogen and oxygen atoms in total. The van der Waals surface area contributed by atoms with E-state index in [0.717, 1.165) is 83.5 Å². The van der Waals surface area contributed by atoms with Crippen LogP contribution < -0.4 is 11.1 Å². The van der Waals surface area contributed by atoms with Crippen LogP contribution in [0.4, 0.5) is 4.79 Å². The van der Waals surface area contributed by atoms with Gasteiger partial charge in [0.1, 0.15) is 6.04 Å². The fourth-order valence-electron chi connectivity index (χ4n) is 6.94. The third kappa shape index (κ3) is 7.07. The van der Waals surface area contributed by atoms with Crippen LogP contribution in [0.2, 0.25) is 0 Å². The van der Waals surface area contributed by atoms with Crippen LogP contribution in [0.3, 0.4) is 0 Å². The van der Waals surface area contributed by atoms with Crippen molar-refractivity contribution in [1.82, 2.24) is 15.1 Å². The first kappa shape index (κ1) is 32.4.